The number of nitrogens with one attached hydrogen (secondary N) is 2. The molecule has 0 aromatic carbocycles. The molecule has 0 aliphatic rings. The molecule has 0 aliphatic heterocycles. The third-order valence-electron chi connectivity index (χ3n) is 2.55. The number of hydrogen-bond acceptors (Lipinski definition) is 6. The summed E-state index contributed by atoms with van der Waals surface area (Å²) >= 11 is 0. The van der Waals surface area contributed by atoms with Gasteiger partial charge in [0.05, 0.1) is 5.69 Å². The summed E-state index contributed by atoms with van der Waals surface area (Å²) in [5.41, 5.74) is 1.97. The molecule has 2 aromatic heterocycles. The minimum Gasteiger partial charge on any atom is -0.373 e. The van der Waals surface area contributed by atoms with Gasteiger partial charge in [-0.1, -0.05) is 5.16 Å². The van der Waals surface area contributed by atoms with E-state index in [1.165, 1.54) is 6.33 Å². The lowest BCUT2D eigenvalue weighted by atomic mass is 10.2. The fraction of sp³-hybridized carbons (Fsp3) is 0.364. The Balaban J connectivity index is 2.07. The molecule has 17 heavy (non-hydrogen) atoms. The van der Waals surface area contributed by atoms with Crippen molar-refractivity contribution < 1.29 is 4.52 Å². The molecule has 0 spiro atoms. The maximum atomic E-state index is 5.09. The second-order valence-electron chi connectivity index (χ2n) is 3.69. The quantitative estimate of drug-likeness (QED) is 0.837. The topological polar surface area (TPSA) is 75.9 Å². The summed E-state index contributed by atoms with van der Waals surface area (Å²) in [6.45, 7) is 4.46. The van der Waals surface area contributed by atoms with Crippen LogP contribution in [0.1, 0.15) is 17.0 Å². The number of nitrogens with zero attached hydrogens (tertiary/aromatic N) is 3. The average Bonchev–Trinajstić information content (AvgIpc) is 2.67. The normalized spacial score (nSPS) is 10.3. The minimum atomic E-state index is 0.640. The molecule has 6 nitrogen and oxygen atoms in total. The molecule has 0 amide bonds. The summed E-state index contributed by atoms with van der Waals surface area (Å²) in [4.78, 5) is 8.18. The standard InChI is InChI=1S/C11H15N5O/c1-7-9(8(2)17-16-7)5-13-11-4-10(12-3)14-6-15-11/h4,6H,5H2,1-3H3,(H2,12,13,14,15). The highest BCUT2D eigenvalue weighted by molar-refractivity contribution is 5.46. The maximum absolute atomic E-state index is 5.09. The third-order valence-corrected chi connectivity index (χ3v) is 2.55. The summed E-state index contributed by atoms with van der Waals surface area (Å²) in [7, 11) is 1.82. The predicted octanol–water partition coefficient (Wildman–Crippen LogP) is 1.74. The van der Waals surface area contributed by atoms with E-state index >= 15 is 0 Å². The molecule has 0 radical (unpaired) electrons. The van der Waals surface area contributed by atoms with Crippen molar-refractivity contribution in [1.29, 1.82) is 0 Å². The van der Waals surface area contributed by atoms with E-state index in [4.69, 9.17) is 4.52 Å². The van der Waals surface area contributed by atoms with E-state index in [0.717, 1.165) is 28.7 Å². The zero-order chi connectivity index (χ0) is 12.3. The Hall–Kier alpha value is -2.11. The van der Waals surface area contributed by atoms with Crippen LogP contribution in [-0.4, -0.2) is 22.2 Å². The summed E-state index contributed by atoms with van der Waals surface area (Å²) in [6.07, 6.45) is 1.52. The van der Waals surface area contributed by atoms with E-state index in [1.807, 2.05) is 27.0 Å². The molecule has 0 saturated heterocycles. The van der Waals surface area contributed by atoms with E-state index in [1.54, 1.807) is 0 Å². The van der Waals surface area contributed by atoms with E-state index in [2.05, 4.69) is 25.8 Å². The fourth-order valence-corrected chi connectivity index (χ4v) is 1.52. The fourth-order valence-electron chi connectivity index (χ4n) is 1.52. The molecule has 0 saturated carbocycles. The number of hydrogen-bond donors (Lipinski definition) is 2. The first-order chi connectivity index (χ1) is 8.20. The van der Waals surface area contributed by atoms with Gasteiger partial charge in [0.15, 0.2) is 0 Å². The molecule has 90 valence electrons. The lowest BCUT2D eigenvalue weighted by Gasteiger charge is -2.06. The van der Waals surface area contributed by atoms with Crippen molar-refractivity contribution in [2.24, 2.45) is 0 Å². The molecule has 0 aliphatic carbocycles. The third kappa shape index (κ3) is 2.52. The van der Waals surface area contributed by atoms with E-state index in [0.29, 0.717) is 6.54 Å². The van der Waals surface area contributed by atoms with Crippen LogP contribution in [0.5, 0.6) is 0 Å². The van der Waals surface area contributed by atoms with Gasteiger partial charge in [0, 0.05) is 25.2 Å². The molecule has 0 fully saturated rings. The molecule has 0 bridgehead atoms. The van der Waals surface area contributed by atoms with Crippen molar-refractivity contribution in [2.45, 2.75) is 20.4 Å². The molecule has 2 N–H and O–H groups in total. The molecule has 2 rings (SSSR count). The zero-order valence-electron chi connectivity index (χ0n) is 10.1. The van der Waals surface area contributed by atoms with Crippen molar-refractivity contribution in [3.05, 3.63) is 29.4 Å². The van der Waals surface area contributed by atoms with Crippen LogP contribution >= 0.6 is 0 Å². The average molecular weight is 233 g/mol. The van der Waals surface area contributed by atoms with Crippen molar-refractivity contribution in [1.82, 2.24) is 15.1 Å². The predicted molar refractivity (Wildman–Crippen MR) is 64.9 cm³/mol. The molecule has 6 heteroatoms. The first-order valence-electron chi connectivity index (χ1n) is 5.36. The van der Waals surface area contributed by atoms with Crippen molar-refractivity contribution in [3.63, 3.8) is 0 Å². The van der Waals surface area contributed by atoms with Gasteiger partial charge < -0.3 is 15.2 Å². The first-order valence-corrected chi connectivity index (χ1v) is 5.36. The van der Waals surface area contributed by atoms with E-state index < -0.39 is 0 Å². The Bertz CT molecular complexity index is 489. The second-order valence-corrected chi connectivity index (χ2v) is 3.69. The lowest BCUT2D eigenvalue weighted by molar-refractivity contribution is 0.392. The van der Waals surface area contributed by atoms with Gasteiger partial charge in [-0.15, -0.1) is 0 Å². The Morgan fingerprint density at radius 2 is 2.00 bits per heavy atom. The van der Waals surface area contributed by atoms with Crippen LogP contribution in [0.15, 0.2) is 16.9 Å². The molecular formula is C11H15N5O. The molecule has 2 aromatic rings. The first kappa shape index (κ1) is 11.4. The highest BCUT2D eigenvalue weighted by Gasteiger charge is 2.08. The van der Waals surface area contributed by atoms with Crippen molar-refractivity contribution in [3.8, 4) is 0 Å². The number of anilines is 2. The van der Waals surface area contributed by atoms with Crippen LogP contribution < -0.4 is 10.6 Å². The van der Waals surface area contributed by atoms with Crippen LogP contribution in [0.2, 0.25) is 0 Å². The Labute approximate surface area is 99.5 Å². The Morgan fingerprint density at radius 1 is 1.24 bits per heavy atom. The Kier molecular flexibility index (Phi) is 3.22. The summed E-state index contributed by atoms with van der Waals surface area (Å²) in [5, 5.41) is 10.1. The van der Waals surface area contributed by atoms with Gasteiger partial charge in [-0.25, -0.2) is 9.97 Å². The maximum Gasteiger partial charge on any atom is 0.138 e. The van der Waals surface area contributed by atoms with Crippen LogP contribution in [0.3, 0.4) is 0 Å². The molecule has 0 unspecified atom stereocenters. The van der Waals surface area contributed by atoms with Gasteiger partial charge in [-0.2, -0.15) is 0 Å². The van der Waals surface area contributed by atoms with Gasteiger partial charge in [0.1, 0.15) is 23.7 Å². The smallest absolute Gasteiger partial charge is 0.138 e. The molecular weight excluding hydrogens is 218 g/mol. The summed E-state index contributed by atoms with van der Waals surface area (Å²) < 4.78 is 5.09. The van der Waals surface area contributed by atoms with Gasteiger partial charge in [-0.05, 0) is 13.8 Å². The monoisotopic (exact) mass is 233 g/mol. The van der Waals surface area contributed by atoms with Gasteiger partial charge in [0.2, 0.25) is 0 Å². The van der Waals surface area contributed by atoms with Crippen LogP contribution in [0, 0.1) is 13.8 Å². The van der Waals surface area contributed by atoms with Crippen molar-refractivity contribution in [2.75, 3.05) is 17.7 Å². The van der Waals surface area contributed by atoms with Crippen LogP contribution in [0.4, 0.5) is 11.6 Å². The zero-order valence-corrected chi connectivity index (χ0v) is 10.1. The molecule has 0 atom stereocenters. The highest BCUT2D eigenvalue weighted by atomic mass is 16.5. The van der Waals surface area contributed by atoms with Gasteiger partial charge in [-0.3, -0.25) is 0 Å². The molecule has 2 heterocycles. The number of aromatic nitrogens is 3. The number of aryl methyl sites for hydroxylation is 2. The summed E-state index contributed by atoms with van der Waals surface area (Å²) in [6, 6.07) is 1.85. The lowest BCUT2D eigenvalue weighted by Crippen LogP contribution is -2.04. The minimum absolute atomic E-state index is 0.640. The summed E-state index contributed by atoms with van der Waals surface area (Å²) in [5.74, 6) is 2.38. The SMILES string of the molecule is CNc1cc(NCc2c(C)noc2C)ncn1. The van der Waals surface area contributed by atoms with Crippen LogP contribution in [-0.2, 0) is 6.54 Å². The van der Waals surface area contributed by atoms with E-state index in [-0.39, 0.29) is 0 Å². The second kappa shape index (κ2) is 4.82. The highest BCUT2D eigenvalue weighted by Crippen LogP contribution is 2.15. The Morgan fingerprint density at radius 3 is 2.65 bits per heavy atom. The van der Waals surface area contributed by atoms with Gasteiger partial charge >= 0.3 is 0 Å². The van der Waals surface area contributed by atoms with Gasteiger partial charge in [0.25, 0.3) is 0 Å². The van der Waals surface area contributed by atoms with Crippen molar-refractivity contribution >= 4 is 11.6 Å². The van der Waals surface area contributed by atoms with E-state index in [9.17, 15) is 0 Å². The number of rotatable bonds is 4. The van der Waals surface area contributed by atoms with Crippen LogP contribution in [0.25, 0.3) is 0 Å². The largest absolute Gasteiger partial charge is 0.373 e.